The van der Waals surface area contributed by atoms with Gasteiger partial charge in [-0.15, -0.1) is 0 Å². The zero-order chi connectivity index (χ0) is 26.5. The summed E-state index contributed by atoms with van der Waals surface area (Å²) in [5, 5.41) is 2.83. The van der Waals surface area contributed by atoms with Gasteiger partial charge in [0.05, 0.1) is 11.4 Å². The lowest BCUT2D eigenvalue weighted by Crippen LogP contribution is -2.52. The fourth-order valence-corrected chi connectivity index (χ4v) is 5.23. The monoisotopic (exact) mass is 581 g/mol. The molecule has 11 heteroatoms. The molecule has 0 radical (unpaired) electrons. The number of benzene rings is 2. The van der Waals surface area contributed by atoms with Crippen LogP contribution in [0.4, 0.5) is 5.69 Å². The summed E-state index contributed by atoms with van der Waals surface area (Å²) >= 11 is 3.43. The Hall–Kier alpha value is -2.79. The Balaban J connectivity index is 1.95. The van der Waals surface area contributed by atoms with Gasteiger partial charge in [0.2, 0.25) is 21.8 Å². The number of anilines is 1. The van der Waals surface area contributed by atoms with Crippen molar-refractivity contribution < 1.29 is 27.5 Å². The summed E-state index contributed by atoms with van der Waals surface area (Å²) in [5.41, 5.74) is 1.09. The number of hydrogen-bond acceptors (Lipinski definition) is 6. The van der Waals surface area contributed by atoms with E-state index in [1.807, 2.05) is 38.1 Å². The van der Waals surface area contributed by atoms with Crippen molar-refractivity contribution >= 4 is 43.5 Å². The Kier molecular flexibility index (Phi) is 9.24. The Morgan fingerprint density at radius 2 is 1.75 bits per heavy atom. The maximum absolute atomic E-state index is 13.7. The molecule has 0 bridgehead atoms. The van der Waals surface area contributed by atoms with Gasteiger partial charge in [0.15, 0.2) is 11.5 Å². The van der Waals surface area contributed by atoms with Gasteiger partial charge in [0.1, 0.15) is 25.8 Å². The van der Waals surface area contributed by atoms with Crippen LogP contribution in [-0.2, 0) is 26.2 Å². The number of rotatable bonds is 10. The van der Waals surface area contributed by atoms with Crippen LogP contribution in [-0.4, -0.2) is 62.7 Å². The molecule has 1 unspecified atom stereocenters. The topological polar surface area (TPSA) is 105 Å². The maximum Gasteiger partial charge on any atom is 0.244 e. The van der Waals surface area contributed by atoms with Gasteiger partial charge in [0, 0.05) is 23.1 Å². The van der Waals surface area contributed by atoms with Crippen molar-refractivity contribution in [3.63, 3.8) is 0 Å². The van der Waals surface area contributed by atoms with Gasteiger partial charge in [-0.25, -0.2) is 8.42 Å². The average Bonchev–Trinajstić information content (AvgIpc) is 2.84. The van der Waals surface area contributed by atoms with E-state index in [0.717, 1.165) is 14.3 Å². The van der Waals surface area contributed by atoms with Gasteiger partial charge >= 0.3 is 0 Å². The Bertz CT molecular complexity index is 1200. The van der Waals surface area contributed by atoms with Crippen molar-refractivity contribution in [2.45, 2.75) is 46.3 Å². The van der Waals surface area contributed by atoms with Crippen molar-refractivity contribution in [1.82, 2.24) is 10.2 Å². The molecule has 1 N–H and O–H groups in total. The van der Waals surface area contributed by atoms with Crippen molar-refractivity contribution in [2.75, 3.05) is 29.8 Å². The molecule has 1 heterocycles. The van der Waals surface area contributed by atoms with Crippen molar-refractivity contribution in [2.24, 2.45) is 0 Å². The molecule has 0 fully saturated rings. The summed E-state index contributed by atoms with van der Waals surface area (Å²) in [7, 11) is -3.83. The lowest BCUT2D eigenvalue weighted by Gasteiger charge is -2.32. The lowest BCUT2D eigenvalue weighted by molar-refractivity contribution is -0.139. The van der Waals surface area contributed by atoms with Crippen LogP contribution < -0.4 is 19.1 Å². The third kappa shape index (κ3) is 6.91. The molecule has 0 aliphatic carbocycles. The second-order valence-corrected chi connectivity index (χ2v) is 11.8. The summed E-state index contributed by atoms with van der Waals surface area (Å²) in [4.78, 5) is 27.9. The van der Waals surface area contributed by atoms with E-state index in [0.29, 0.717) is 24.7 Å². The van der Waals surface area contributed by atoms with Crippen LogP contribution in [0.25, 0.3) is 0 Å². The molecule has 2 amide bonds. The SMILES string of the molecule is CCS(=O)(=O)N(CC(=O)N(Cc1cccc(Br)c1)C(C)C(=O)NC(C)C)c1ccc2c(c1)OCCO2. The number of halogens is 1. The van der Waals surface area contributed by atoms with Gasteiger partial charge < -0.3 is 19.7 Å². The van der Waals surface area contributed by atoms with E-state index >= 15 is 0 Å². The van der Waals surface area contributed by atoms with E-state index in [9.17, 15) is 18.0 Å². The van der Waals surface area contributed by atoms with E-state index < -0.39 is 28.5 Å². The van der Waals surface area contributed by atoms with Crippen LogP contribution in [0.5, 0.6) is 11.5 Å². The molecule has 0 saturated heterocycles. The summed E-state index contributed by atoms with van der Waals surface area (Å²) in [6.07, 6.45) is 0. The van der Waals surface area contributed by atoms with E-state index in [4.69, 9.17) is 9.47 Å². The molecule has 36 heavy (non-hydrogen) atoms. The van der Waals surface area contributed by atoms with Crippen LogP contribution in [0.1, 0.15) is 33.3 Å². The predicted octanol–water partition coefficient (Wildman–Crippen LogP) is 3.32. The molecule has 1 atom stereocenters. The average molecular weight is 583 g/mol. The van der Waals surface area contributed by atoms with Crippen LogP contribution in [0.2, 0.25) is 0 Å². The number of nitrogens with zero attached hydrogens (tertiary/aromatic N) is 2. The van der Waals surface area contributed by atoms with Crippen LogP contribution in [0.3, 0.4) is 0 Å². The third-order valence-electron chi connectivity index (χ3n) is 5.63. The van der Waals surface area contributed by atoms with E-state index in [1.54, 1.807) is 25.1 Å². The quantitative estimate of drug-likeness (QED) is 0.461. The smallest absolute Gasteiger partial charge is 0.244 e. The van der Waals surface area contributed by atoms with E-state index in [1.165, 1.54) is 11.8 Å². The fraction of sp³-hybridized carbons (Fsp3) is 0.440. The molecule has 196 valence electrons. The van der Waals surface area contributed by atoms with Crippen molar-refractivity contribution in [3.8, 4) is 11.5 Å². The maximum atomic E-state index is 13.7. The number of ether oxygens (including phenoxy) is 2. The highest BCUT2D eigenvalue weighted by atomic mass is 79.9. The minimum atomic E-state index is -3.83. The fourth-order valence-electron chi connectivity index (χ4n) is 3.73. The first-order chi connectivity index (χ1) is 17.0. The first kappa shape index (κ1) is 27.8. The molecule has 0 aromatic heterocycles. The molecule has 9 nitrogen and oxygen atoms in total. The first-order valence-corrected chi connectivity index (χ1v) is 14.2. The van der Waals surface area contributed by atoms with Crippen LogP contribution in [0, 0.1) is 0 Å². The normalized spacial score (nSPS) is 13.7. The standard InChI is InChI=1S/C25H32BrN3O6S/c1-5-36(32,33)29(21-9-10-22-23(14-21)35-12-11-34-22)16-24(30)28(18(4)25(31)27-17(2)3)15-19-7-6-8-20(26)13-19/h6-10,13-14,17-18H,5,11-12,15-16H2,1-4H3,(H,27,31). The summed E-state index contributed by atoms with van der Waals surface area (Å²) in [5.74, 6) is -0.103. The van der Waals surface area contributed by atoms with Crippen molar-refractivity contribution in [3.05, 3.63) is 52.5 Å². The number of amides is 2. The Labute approximate surface area is 220 Å². The summed E-state index contributed by atoms with van der Waals surface area (Å²) in [6.45, 7) is 7.24. The third-order valence-corrected chi connectivity index (χ3v) is 7.87. The zero-order valence-corrected chi connectivity index (χ0v) is 23.3. The van der Waals surface area contributed by atoms with E-state index in [2.05, 4.69) is 21.2 Å². The number of carbonyl (C=O) groups is 2. The van der Waals surface area contributed by atoms with Gasteiger partial charge in [-0.1, -0.05) is 28.1 Å². The number of nitrogens with one attached hydrogen (secondary N) is 1. The highest BCUT2D eigenvalue weighted by Crippen LogP contribution is 2.35. The highest BCUT2D eigenvalue weighted by molar-refractivity contribution is 9.10. The number of hydrogen-bond donors (Lipinski definition) is 1. The molecule has 1 aliphatic rings. The number of sulfonamides is 1. The molecule has 1 aliphatic heterocycles. The first-order valence-electron chi connectivity index (χ1n) is 11.8. The minimum absolute atomic E-state index is 0.113. The Morgan fingerprint density at radius 1 is 1.06 bits per heavy atom. The molecule has 0 saturated carbocycles. The van der Waals surface area contributed by atoms with Crippen LogP contribution >= 0.6 is 15.9 Å². The molecule has 0 spiro atoms. The van der Waals surface area contributed by atoms with Gasteiger partial charge in [-0.3, -0.25) is 13.9 Å². The largest absolute Gasteiger partial charge is 0.486 e. The molecule has 2 aromatic rings. The van der Waals surface area contributed by atoms with E-state index in [-0.39, 0.29) is 29.9 Å². The highest BCUT2D eigenvalue weighted by Gasteiger charge is 2.31. The second-order valence-electron chi connectivity index (χ2n) is 8.73. The molecule has 2 aromatic carbocycles. The second kappa shape index (κ2) is 12.0. The summed E-state index contributed by atoms with van der Waals surface area (Å²) in [6, 6.07) is 11.2. The zero-order valence-electron chi connectivity index (χ0n) is 20.9. The molecule has 3 rings (SSSR count). The van der Waals surface area contributed by atoms with Gasteiger partial charge in [0.25, 0.3) is 0 Å². The minimum Gasteiger partial charge on any atom is -0.486 e. The van der Waals surface area contributed by atoms with Gasteiger partial charge in [-0.05, 0) is 57.5 Å². The van der Waals surface area contributed by atoms with Crippen LogP contribution in [0.15, 0.2) is 46.9 Å². The number of fused-ring (bicyclic) bond motifs is 1. The molecular formula is C25H32BrN3O6S. The summed E-state index contributed by atoms with van der Waals surface area (Å²) < 4.78 is 39.2. The molecular weight excluding hydrogens is 550 g/mol. The number of carbonyl (C=O) groups excluding carboxylic acids is 2. The predicted molar refractivity (Wildman–Crippen MR) is 142 cm³/mol. The Morgan fingerprint density at radius 3 is 2.39 bits per heavy atom. The van der Waals surface area contributed by atoms with Gasteiger partial charge in [-0.2, -0.15) is 0 Å². The lowest BCUT2D eigenvalue weighted by atomic mass is 10.1. The van der Waals surface area contributed by atoms with Crippen molar-refractivity contribution in [1.29, 1.82) is 0 Å².